The van der Waals surface area contributed by atoms with Crippen LogP contribution in [0.4, 0.5) is 5.82 Å². The zero-order valence-corrected chi connectivity index (χ0v) is 12.4. The van der Waals surface area contributed by atoms with Crippen molar-refractivity contribution >= 4 is 23.3 Å². The molecule has 0 aliphatic rings. The maximum atomic E-state index is 12.1. The van der Waals surface area contributed by atoms with Crippen LogP contribution in [0.5, 0.6) is 0 Å². The van der Waals surface area contributed by atoms with Crippen molar-refractivity contribution in [2.45, 2.75) is 19.8 Å². The Balaban J connectivity index is 1.85. The molecule has 112 valence electrons. The molecule has 0 saturated carbocycles. The molecule has 2 rings (SSSR count). The van der Waals surface area contributed by atoms with E-state index < -0.39 is 0 Å². The lowest BCUT2D eigenvalue weighted by Gasteiger charge is -2.08. The van der Waals surface area contributed by atoms with Gasteiger partial charge in [0, 0.05) is 25.1 Å². The SMILES string of the molecule is CCNc1cc(C(=O)NCCCc2ncn[nH]2)cc(Cl)n1. The van der Waals surface area contributed by atoms with E-state index in [4.69, 9.17) is 11.6 Å². The number of carbonyl (C=O) groups is 1. The summed E-state index contributed by atoms with van der Waals surface area (Å²) in [5.74, 6) is 1.23. The molecule has 0 radical (unpaired) electrons. The minimum absolute atomic E-state index is 0.170. The van der Waals surface area contributed by atoms with Crippen molar-refractivity contribution in [1.29, 1.82) is 0 Å². The van der Waals surface area contributed by atoms with E-state index in [-0.39, 0.29) is 5.91 Å². The molecular weight excluding hydrogens is 292 g/mol. The first-order valence-electron chi connectivity index (χ1n) is 6.73. The molecule has 2 heterocycles. The molecule has 8 heteroatoms. The number of aromatic amines is 1. The van der Waals surface area contributed by atoms with E-state index in [0.717, 1.165) is 18.7 Å². The first kappa shape index (κ1) is 15.2. The Bertz CT molecular complexity index is 586. The molecule has 7 nitrogen and oxygen atoms in total. The predicted octanol–water partition coefficient (Wildman–Crippen LogP) is 1.65. The van der Waals surface area contributed by atoms with Crippen LogP contribution in [0, 0.1) is 0 Å². The summed E-state index contributed by atoms with van der Waals surface area (Å²) in [6.07, 6.45) is 2.98. The fraction of sp³-hybridized carbons (Fsp3) is 0.385. The Labute approximate surface area is 127 Å². The zero-order valence-electron chi connectivity index (χ0n) is 11.7. The summed E-state index contributed by atoms with van der Waals surface area (Å²) in [6.45, 7) is 3.22. The quantitative estimate of drug-likeness (QED) is 0.534. The molecule has 0 aromatic carbocycles. The smallest absolute Gasteiger partial charge is 0.251 e. The number of hydrogen-bond donors (Lipinski definition) is 3. The van der Waals surface area contributed by atoms with Gasteiger partial charge in [-0.1, -0.05) is 11.6 Å². The molecule has 0 aliphatic heterocycles. The number of halogens is 1. The maximum Gasteiger partial charge on any atom is 0.251 e. The molecule has 0 atom stereocenters. The average molecular weight is 309 g/mol. The zero-order chi connectivity index (χ0) is 15.1. The summed E-state index contributed by atoms with van der Waals surface area (Å²) >= 11 is 5.91. The molecule has 21 heavy (non-hydrogen) atoms. The van der Waals surface area contributed by atoms with E-state index in [1.807, 2.05) is 6.92 Å². The summed E-state index contributed by atoms with van der Waals surface area (Å²) in [4.78, 5) is 20.2. The minimum Gasteiger partial charge on any atom is -0.370 e. The van der Waals surface area contributed by atoms with E-state index in [1.165, 1.54) is 6.33 Å². The molecule has 0 saturated heterocycles. The lowest BCUT2D eigenvalue weighted by Crippen LogP contribution is -2.25. The summed E-state index contributed by atoms with van der Waals surface area (Å²) in [5.41, 5.74) is 0.491. The number of nitrogens with zero attached hydrogens (tertiary/aromatic N) is 3. The van der Waals surface area contributed by atoms with Gasteiger partial charge in [0.15, 0.2) is 0 Å². The van der Waals surface area contributed by atoms with Gasteiger partial charge in [-0.05, 0) is 25.5 Å². The van der Waals surface area contributed by atoms with Crippen LogP contribution in [0.3, 0.4) is 0 Å². The van der Waals surface area contributed by atoms with Gasteiger partial charge in [0.1, 0.15) is 23.1 Å². The molecule has 0 spiro atoms. The van der Waals surface area contributed by atoms with Gasteiger partial charge in [-0.15, -0.1) is 0 Å². The summed E-state index contributed by atoms with van der Waals surface area (Å²) in [5, 5.41) is 12.7. The van der Waals surface area contributed by atoms with Crippen LogP contribution in [0.15, 0.2) is 18.5 Å². The fourth-order valence-corrected chi connectivity index (χ4v) is 2.02. The van der Waals surface area contributed by atoms with Crippen LogP contribution in [0.25, 0.3) is 0 Å². The third-order valence-corrected chi connectivity index (χ3v) is 2.95. The van der Waals surface area contributed by atoms with Crippen molar-refractivity contribution in [1.82, 2.24) is 25.5 Å². The Morgan fingerprint density at radius 3 is 3.00 bits per heavy atom. The van der Waals surface area contributed by atoms with E-state index in [0.29, 0.717) is 29.6 Å². The van der Waals surface area contributed by atoms with Gasteiger partial charge in [-0.2, -0.15) is 5.10 Å². The Kier molecular flexibility index (Phi) is 5.51. The second kappa shape index (κ2) is 7.58. The second-order valence-corrected chi connectivity index (χ2v) is 4.77. The topological polar surface area (TPSA) is 95.6 Å². The molecule has 0 unspecified atom stereocenters. The highest BCUT2D eigenvalue weighted by Gasteiger charge is 2.08. The van der Waals surface area contributed by atoms with Crippen molar-refractivity contribution < 1.29 is 4.79 Å². The first-order valence-corrected chi connectivity index (χ1v) is 7.10. The van der Waals surface area contributed by atoms with Crippen LogP contribution in [0.1, 0.15) is 29.5 Å². The highest BCUT2D eigenvalue weighted by Crippen LogP contribution is 2.14. The number of amides is 1. The normalized spacial score (nSPS) is 10.4. The van der Waals surface area contributed by atoms with Crippen molar-refractivity contribution in [3.8, 4) is 0 Å². The van der Waals surface area contributed by atoms with Gasteiger partial charge in [0.25, 0.3) is 5.91 Å². The molecular formula is C13H17ClN6O. The summed E-state index contributed by atoms with van der Waals surface area (Å²) in [7, 11) is 0. The molecule has 0 bridgehead atoms. The van der Waals surface area contributed by atoms with Crippen molar-refractivity contribution in [3.63, 3.8) is 0 Å². The maximum absolute atomic E-state index is 12.1. The van der Waals surface area contributed by atoms with Gasteiger partial charge in [-0.3, -0.25) is 9.89 Å². The standard InChI is InChI=1S/C13H17ClN6O/c1-2-15-12-7-9(6-10(14)19-12)13(21)16-5-3-4-11-17-8-18-20-11/h6-8H,2-5H2,1H3,(H,15,19)(H,16,21)(H,17,18,20). The summed E-state index contributed by atoms with van der Waals surface area (Å²) < 4.78 is 0. The van der Waals surface area contributed by atoms with E-state index in [9.17, 15) is 4.79 Å². The second-order valence-electron chi connectivity index (χ2n) is 4.39. The number of nitrogens with one attached hydrogen (secondary N) is 3. The van der Waals surface area contributed by atoms with Crippen LogP contribution >= 0.6 is 11.6 Å². The number of anilines is 1. The number of rotatable bonds is 7. The third kappa shape index (κ3) is 4.71. The Morgan fingerprint density at radius 2 is 2.29 bits per heavy atom. The number of aromatic nitrogens is 4. The molecule has 0 fully saturated rings. The number of pyridine rings is 1. The lowest BCUT2D eigenvalue weighted by molar-refractivity contribution is 0.0953. The number of aryl methyl sites for hydroxylation is 1. The highest BCUT2D eigenvalue weighted by atomic mass is 35.5. The predicted molar refractivity (Wildman–Crippen MR) is 80.4 cm³/mol. The lowest BCUT2D eigenvalue weighted by atomic mass is 10.2. The molecule has 3 N–H and O–H groups in total. The highest BCUT2D eigenvalue weighted by molar-refractivity contribution is 6.29. The monoisotopic (exact) mass is 308 g/mol. The van der Waals surface area contributed by atoms with Gasteiger partial charge < -0.3 is 10.6 Å². The van der Waals surface area contributed by atoms with Gasteiger partial charge >= 0.3 is 0 Å². The average Bonchev–Trinajstić information content (AvgIpc) is 2.96. The van der Waals surface area contributed by atoms with E-state index in [2.05, 4.69) is 30.8 Å². The van der Waals surface area contributed by atoms with Crippen LogP contribution in [0.2, 0.25) is 5.15 Å². The number of H-pyrrole nitrogens is 1. The largest absolute Gasteiger partial charge is 0.370 e. The molecule has 1 amide bonds. The van der Waals surface area contributed by atoms with Crippen LogP contribution in [-0.4, -0.2) is 39.2 Å². The van der Waals surface area contributed by atoms with Crippen LogP contribution in [-0.2, 0) is 6.42 Å². The van der Waals surface area contributed by atoms with E-state index >= 15 is 0 Å². The molecule has 2 aromatic heterocycles. The molecule has 2 aromatic rings. The Morgan fingerprint density at radius 1 is 1.43 bits per heavy atom. The summed E-state index contributed by atoms with van der Waals surface area (Å²) in [6, 6.07) is 3.23. The molecule has 0 aliphatic carbocycles. The minimum atomic E-state index is -0.170. The van der Waals surface area contributed by atoms with E-state index in [1.54, 1.807) is 12.1 Å². The van der Waals surface area contributed by atoms with Gasteiger partial charge in [0.05, 0.1) is 0 Å². The third-order valence-electron chi connectivity index (χ3n) is 2.75. The Hall–Kier alpha value is -2.15. The first-order chi connectivity index (χ1) is 10.2. The van der Waals surface area contributed by atoms with Crippen molar-refractivity contribution in [2.24, 2.45) is 0 Å². The number of hydrogen-bond acceptors (Lipinski definition) is 5. The van der Waals surface area contributed by atoms with Crippen LogP contribution < -0.4 is 10.6 Å². The van der Waals surface area contributed by atoms with Gasteiger partial charge in [0.2, 0.25) is 0 Å². The van der Waals surface area contributed by atoms with Gasteiger partial charge in [-0.25, -0.2) is 9.97 Å². The van der Waals surface area contributed by atoms with Crippen molar-refractivity contribution in [2.75, 3.05) is 18.4 Å². The van der Waals surface area contributed by atoms with Crippen molar-refractivity contribution in [3.05, 3.63) is 35.0 Å². The number of carbonyl (C=O) groups excluding carboxylic acids is 1. The fourth-order valence-electron chi connectivity index (χ4n) is 1.81.